The number of hydrogen-bond acceptors (Lipinski definition) is 3. The van der Waals surface area contributed by atoms with Gasteiger partial charge in [-0.25, -0.2) is 4.79 Å². The van der Waals surface area contributed by atoms with Crippen LogP contribution in [-0.4, -0.2) is 25.3 Å². The summed E-state index contributed by atoms with van der Waals surface area (Å²) < 4.78 is 11.4. The second kappa shape index (κ2) is 9.25. The Morgan fingerprint density at radius 1 is 1.15 bits per heavy atom. The normalized spacial score (nSPS) is 15.8. The molecule has 3 rings (SSSR count). The Balaban J connectivity index is 1.42. The number of anilines is 1. The summed E-state index contributed by atoms with van der Waals surface area (Å²) in [6.07, 6.45) is 2.97. The molecule has 1 aliphatic heterocycles. The van der Waals surface area contributed by atoms with Gasteiger partial charge in [0.05, 0.1) is 19.3 Å². The van der Waals surface area contributed by atoms with Gasteiger partial charge in [-0.2, -0.15) is 0 Å². The zero-order valence-electron chi connectivity index (χ0n) is 15.2. The molecular weight excluding hydrogens is 328 g/mol. The number of carbonyl (C=O) groups is 1. The van der Waals surface area contributed by atoms with Crippen molar-refractivity contribution in [2.45, 2.75) is 38.9 Å². The molecule has 2 aromatic carbocycles. The van der Waals surface area contributed by atoms with Crippen molar-refractivity contribution in [1.29, 1.82) is 0 Å². The fourth-order valence-electron chi connectivity index (χ4n) is 2.89. The minimum absolute atomic E-state index is 0.00462. The molecule has 5 heteroatoms. The van der Waals surface area contributed by atoms with Gasteiger partial charge < -0.3 is 20.1 Å². The maximum atomic E-state index is 12.1. The Morgan fingerprint density at radius 2 is 1.92 bits per heavy atom. The van der Waals surface area contributed by atoms with Crippen LogP contribution in [0.1, 0.15) is 30.9 Å². The van der Waals surface area contributed by atoms with Crippen LogP contribution in [0.4, 0.5) is 10.5 Å². The number of unbranched alkanes of at least 4 members (excludes halogenated alkanes) is 1. The van der Waals surface area contributed by atoms with E-state index >= 15 is 0 Å². The number of urea groups is 1. The summed E-state index contributed by atoms with van der Waals surface area (Å²) in [5.41, 5.74) is 3.26. The molecule has 2 amide bonds. The molecule has 138 valence electrons. The summed E-state index contributed by atoms with van der Waals surface area (Å²) in [5, 5.41) is 5.72. The number of fused-ring (bicyclic) bond motifs is 1. The van der Waals surface area contributed by atoms with Gasteiger partial charge in [-0.1, -0.05) is 37.6 Å². The number of benzene rings is 2. The second-order valence-electron chi connectivity index (χ2n) is 6.47. The highest BCUT2D eigenvalue weighted by atomic mass is 16.5. The van der Waals surface area contributed by atoms with Gasteiger partial charge in [0.25, 0.3) is 0 Å². The average Bonchev–Trinajstić information content (AvgIpc) is 2.68. The Labute approximate surface area is 154 Å². The van der Waals surface area contributed by atoms with Crippen LogP contribution in [0.15, 0.2) is 48.5 Å². The Hall–Kier alpha value is -2.53. The Morgan fingerprint density at radius 3 is 2.69 bits per heavy atom. The van der Waals surface area contributed by atoms with Crippen molar-refractivity contribution < 1.29 is 14.3 Å². The van der Waals surface area contributed by atoms with E-state index in [0.29, 0.717) is 19.8 Å². The maximum Gasteiger partial charge on any atom is 0.319 e. The lowest BCUT2D eigenvalue weighted by molar-refractivity contribution is 0.0308. The Bertz CT molecular complexity index is 715. The highest BCUT2D eigenvalue weighted by molar-refractivity contribution is 5.89. The van der Waals surface area contributed by atoms with Crippen molar-refractivity contribution in [3.8, 4) is 5.75 Å². The number of hydrogen-bond donors (Lipinski definition) is 2. The van der Waals surface area contributed by atoms with Gasteiger partial charge in [0.15, 0.2) is 0 Å². The van der Waals surface area contributed by atoms with Gasteiger partial charge in [-0.05, 0) is 41.8 Å². The van der Waals surface area contributed by atoms with Crippen LogP contribution in [0.5, 0.6) is 5.75 Å². The zero-order valence-corrected chi connectivity index (χ0v) is 15.2. The number of amides is 2. The van der Waals surface area contributed by atoms with Crippen molar-refractivity contribution in [2.24, 2.45) is 0 Å². The average molecular weight is 354 g/mol. The van der Waals surface area contributed by atoms with Gasteiger partial charge in [0.1, 0.15) is 5.75 Å². The number of ether oxygens (including phenoxy) is 2. The third kappa shape index (κ3) is 5.23. The van der Waals surface area contributed by atoms with Gasteiger partial charge in [0.2, 0.25) is 0 Å². The number of rotatable bonds is 7. The van der Waals surface area contributed by atoms with Crippen LogP contribution in [0.3, 0.4) is 0 Å². The van der Waals surface area contributed by atoms with Crippen LogP contribution in [0.2, 0.25) is 0 Å². The number of nitrogens with one attached hydrogen (secondary N) is 2. The highest BCUT2D eigenvalue weighted by Crippen LogP contribution is 2.20. The Kier molecular flexibility index (Phi) is 6.50. The van der Waals surface area contributed by atoms with E-state index in [4.69, 9.17) is 9.47 Å². The van der Waals surface area contributed by atoms with Crippen LogP contribution >= 0.6 is 0 Å². The van der Waals surface area contributed by atoms with E-state index in [0.717, 1.165) is 30.7 Å². The van der Waals surface area contributed by atoms with Gasteiger partial charge >= 0.3 is 6.03 Å². The summed E-state index contributed by atoms with van der Waals surface area (Å²) in [6.45, 7) is 3.93. The molecule has 0 radical (unpaired) electrons. The SMILES string of the molecule is CCCCOc1ccc(NC(=O)NCC2Cc3ccccc3CO2)cc1. The lowest BCUT2D eigenvalue weighted by Gasteiger charge is -2.25. The van der Waals surface area contributed by atoms with E-state index in [2.05, 4.69) is 29.7 Å². The van der Waals surface area contributed by atoms with E-state index < -0.39 is 0 Å². The molecule has 0 spiro atoms. The minimum Gasteiger partial charge on any atom is -0.494 e. The molecule has 1 atom stereocenters. The molecule has 0 aromatic heterocycles. The first-order valence-corrected chi connectivity index (χ1v) is 9.20. The minimum atomic E-state index is -0.230. The molecule has 0 fully saturated rings. The van der Waals surface area contributed by atoms with E-state index in [-0.39, 0.29) is 12.1 Å². The van der Waals surface area contributed by atoms with Crippen LogP contribution in [0.25, 0.3) is 0 Å². The van der Waals surface area contributed by atoms with E-state index in [1.807, 2.05) is 36.4 Å². The molecule has 1 unspecified atom stereocenters. The topological polar surface area (TPSA) is 59.6 Å². The smallest absolute Gasteiger partial charge is 0.319 e. The zero-order chi connectivity index (χ0) is 18.2. The standard InChI is InChI=1S/C21H26N2O3/c1-2-3-12-25-19-10-8-18(9-11-19)23-21(24)22-14-20-13-16-6-4-5-7-17(16)15-26-20/h4-11,20H,2-3,12-15H2,1H3,(H2,22,23,24). The third-order valence-electron chi connectivity index (χ3n) is 4.41. The van der Waals surface area contributed by atoms with Crippen molar-refractivity contribution in [2.75, 3.05) is 18.5 Å². The monoisotopic (exact) mass is 354 g/mol. The molecule has 0 aliphatic carbocycles. The third-order valence-corrected chi connectivity index (χ3v) is 4.41. The lowest BCUT2D eigenvalue weighted by atomic mass is 9.99. The predicted molar refractivity (Wildman–Crippen MR) is 103 cm³/mol. The van der Waals surface area contributed by atoms with E-state index in [1.54, 1.807) is 0 Å². The first-order chi connectivity index (χ1) is 12.7. The van der Waals surface area contributed by atoms with Gasteiger partial charge in [0, 0.05) is 18.7 Å². The quantitative estimate of drug-likeness (QED) is 0.735. The summed E-state index contributed by atoms with van der Waals surface area (Å²) >= 11 is 0. The largest absolute Gasteiger partial charge is 0.494 e. The van der Waals surface area contributed by atoms with Gasteiger partial charge in [-0.15, -0.1) is 0 Å². The summed E-state index contributed by atoms with van der Waals surface area (Å²) in [5.74, 6) is 0.818. The fraction of sp³-hybridized carbons (Fsp3) is 0.381. The lowest BCUT2D eigenvalue weighted by Crippen LogP contribution is -2.38. The van der Waals surface area contributed by atoms with Crippen LogP contribution in [0, 0.1) is 0 Å². The van der Waals surface area contributed by atoms with E-state index in [9.17, 15) is 4.79 Å². The molecule has 1 heterocycles. The van der Waals surface area contributed by atoms with Gasteiger partial charge in [-0.3, -0.25) is 0 Å². The molecule has 2 aromatic rings. The molecule has 1 aliphatic rings. The first-order valence-electron chi connectivity index (χ1n) is 9.20. The molecule has 0 saturated carbocycles. The summed E-state index contributed by atoms with van der Waals surface area (Å²) in [7, 11) is 0. The van der Waals surface area contributed by atoms with E-state index in [1.165, 1.54) is 11.1 Å². The molecule has 0 saturated heterocycles. The van der Waals surface area contributed by atoms with Crippen LogP contribution in [-0.2, 0) is 17.8 Å². The van der Waals surface area contributed by atoms with Crippen molar-refractivity contribution >= 4 is 11.7 Å². The fourth-order valence-corrected chi connectivity index (χ4v) is 2.89. The molecule has 5 nitrogen and oxygen atoms in total. The first kappa shape index (κ1) is 18.3. The number of carbonyl (C=O) groups excluding carboxylic acids is 1. The predicted octanol–water partition coefficient (Wildman–Crippen LogP) is 4.13. The van der Waals surface area contributed by atoms with Crippen LogP contribution < -0.4 is 15.4 Å². The second-order valence-corrected chi connectivity index (χ2v) is 6.47. The summed E-state index contributed by atoms with van der Waals surface area (Å²) in [6, 6.07) is 15.5. The molecule has 2 N–H and O–H groups in total. The summed E-state index contributed by atoms with van der Waals surface area (Å²) in [4.78, 5) is 12.1. The highest BCUT2D eigenvalue weighted by Gasteiger charge is 2.19. The molecule has 0 bridgehead atoms. The van der Waals surface area contributed by atoms with Crippen molar-refractivity contribution in [3.63, 3.8) is 0 Å². The van der Waals surface area contributed by atoms with Crippen molar-refractivity contribution in [1.82, 2.24) is 5.32 Å². The molecular formula is C21H26N2O3. The van der Waals surface area contributed by atoms with Crippen molar-refractivity contribution in [3.05, 3.63) is 59.7 Å². The molecule has 26 heavy (non-hydrogen) atoms. The maximum absolute atomic E-state index is 12.1.